The van der Waals surface area contributed by atoms with Crippen LogP contribution in [-0.2, 0) is 15.2 Å². The van der Waals surface area contributed by atoms with E-state index in [-0.39, 0.29) is 5.56 Å². The van der Waals surface area contributed by atoms with Gasteiger partial charge in [-0.3, -0.25) is 0 Å². The molecular formula is C10H10BrFO2. The molecule has 0 radical (unpaired) electrons. The van der Waals surface area contributed by atoms with Gasteiger partial charge in [0.15, 0.2) is 0 Å². The second kappa shape index (κ2) is 4.09. The minimum absolute atomic E-state index is 0.270. The van der Waals surface area contributed by atoms with E-state index >= 15 is 0 Å². The first-order chi connectivity index (χ1) is 6.50. The summed E-state index contributed by atoms with van der Waals surface area (Å²) in [5.41, 5.74) is -1.85. The van der Waals surface area contributed by atoms with Gasteiger partial charge >= 0.3 is 5.97 Å². The predicted molar refractivity (Wildman–Crippen MR) is 54.6 cm³/mol. The van der Waals surface area contributed by atoms with Crippen molar-refractivity contribution in [3.05, 3.63) is 34.3 Å². The fourth-order valence-corrected chi connectivity index (χ4v) is 1.80. The molecule has 0 aliphatic carbocycles. The Morgan fingerprint density at radius 1 is 1.50 bits per heavy atom. The molecule has 0 bridgehead atoms. The normalized spacial score (nSPS) is 14.6. The Balaban J connectivity index is 3.16. The van der Waals surface area contributed by atoms with E-state index in [1.54, 1.807) is 24.3 Å². The average molecular weight is 261 g/mol. The van der Waals surface area contributed by atoms with Crippen LogP contribution in [0, 0.1) is 0 Å². The number of halogens is 2. The van der Waals surface area contributed by atoms with E-state index in [0.29, 0.717) is 4.47 Å². The van der Waals surface area contributed by atoms with Crippen LogP contribution in [0.5, 0.6) is 0 Å². The molecule has 1 aromatic rings. The molecule has 0 amide bonds. The standard InChI is InChI=1S/C10H10BrFO2/c1-10(12,9(13)14-2)7-5-3-4-6-8(7)11/h3-6H,1-2H3. The molecule has 1 unspecified atom stereocenters. The summed E-state index contributed by atoms with van der Waals surface area (Å²) in [6, 6.07) is 6.64. The molecule has 0 fully saturated rings. The van der Waals surface area contributed by atoms with Crippen molar-refractivity contribution in [3.8, 4) is 0 Å². The molecule has 1 atom stereocenters. The Morgan fingerprint density at radius 2 is 2.07 bits per heavy atom. The van der Waals surface area contributed by atoms with Gasteiger partial charge < -0.3 is 4.74 Å². The van der Waals surface area contributed by atoms with Crippen molar-refractivity contribution in [1.29, 1.82) is 0 Å². The summed E-state index contributed by atoms with van der Waals surface area (Å²) in [7, 11) is 1.16. The first-order valence-electron chi connectivity index (χ1n) is 4.02. The van der Waals surface area contributed by atoms with Crippen molar-refractivity contribution in [3.63, 3.8) is 0 Å². The maximum atomic E-state index is 14.0. The van der Waals surface area contributed by atoms with Crippen LogP contribution in [-0.4, -0.2) is 13.1 Å². The van der Waals surface area contributed by atoms with Crippen molar-refractivity contribution in [1.82, 2.24) is 0 Å². The summed E-state index contributed by atoms with van der Waals surface area (Å²) in [5.74, 6) is -0.899. The third-order valence-electron chi connectivity index (χ3n) is 1.95. The number of hydrogen-bond donors (Lipinski definition) is 0. The molecule has 4 heteroatoms. The number of ether oxygens (including phenoxy) is 1. The molecule has 0 saturated heterocycles. The molecular weight excluding hydrogens is 251 g/mol. The smallest absolute Gasteiger partial charge is 0.348 e. The van der Waals surface area contributed by atoms with Crippen LogP contribution in [0.15, 0.2) is 28.7 Å². The van der Waals surface area contributed by atoms with E-state index < -0.39 is 11.6 Å². The van der Waals surface area contributed by atoms with Gasteiger partial charge in [0.25, 0.3) is 0 Å². The van der Waals surface area contributed by atoms with Gasteiger partial charge in [-0.25, -0.2) is 9.18 Å². The number of methoxy groups -OCH3 is 1. The molecule has 1 rings (SSSR count). The highest BCUT2D eigenvalue weighted by molar-refractivity contribution is 9.10. The number of carbonyl (C=O) groups is 1. The maximum Gasteiger partial charge on any atom is 0.348 e. The lowest BCUT2D eigenvalue weighted by Crippen LogP contribution is -2.29. The summed E-state index contributed by atoms with van der Waals surface area (Å²) in [6.07, 6.45) is 0. The number of hydrogen-bond acceptors (Lipinski definition) is 2. The number of carbonyl (C=O) groups excluding carboxylic acids is 1. The zero-order chi connectivity index (χ0) is 10.8. The molecule has 0 aliphatic rings. The van der Waals surface area contributed by atoms with Crippen LogP contribution in [0.4, 0.5) is 4.39 Å². The number of esters is 1. The zero-order valence-electron chi connectivity index (χ0n) is 7.88. The molecule has 0 heterocycles. The SMILES string of the molecule is COC(=O)C(C)(F)c1ccccc1Br. The van der Waals surface area contributed by atoms with Gasteiger partial charge in [0.1, 0.15) is 0 Å². The Bertz CT molecular complexity index is 350. The second-order valence-corrected chi connectivity index (χ2v) is 3.83. The van der Waals surface area contributed by atoms with Crippen LogP contribution >= 0.6 is 15.9 Å². The molecule has 2 nitrogen and oxygen atoms in total. The van der Waals surface area contributed by atoms with Gasteiger partial charge in [-0.05, 0) is 13.0 Å². The van der Waals surface area contributed by atoms with E-state index in [4.69, 9.17) is 0 Å². The van der Waals surface area contributed by atoms with Crippen molar-refractivity contribution < 1.29 is 13.9 Å². The highest BCUT2D eigenvalue weighted by Crippen LogP contribution is 2.32. The quantitative estimate of drug-likeness (QED) is 0.765. The van der Waals surface area contributed by atoms with E-state index in [2.05, 4.69) is 20.7 Å². The third kappa shape index (κ3) is 1.95. The Kier molecular flexibility index (Phi) is 3.26. The van der Waals surface area contributed by atoms with Crippen molar-refractivity contribution in [2.75, 3.05) is 7.11 Å². The van der Waals surface area contributed by atoms with Crippen LogP contribution in [0.3, 0.4) is 0 Å². The fourth-order valence-electron chi connectivity index (χ4n) is 1.14. The highest BCUT2D eigenvalue weighted by atomic mass is 79.9. The number of rotatable bonds is 2. The lowest BCUT2D eigenvalue weighted by Gasteiger charge is -2.18. The molecule has 14 heavy (non-hydrogen) atoms. The molecule has 0 aromatic heterocycles. The molecule has 0 spiro atoms. The summed E-state index contributed by atoms with van der Waals surface area (Å²) >= 11 is 3.18. The van der Waals surface area contributed by atoms with Crippen molar-refractivity contribution >= 4 is 21.9 Å². The molecule has 0 saturated carbocycles. The Labute approximate surface area is 90.2 Å². The van der Waals surface area contributed by atoms with E-state index in [0.717, 1.165) is 7.11 Å². The number of alkyl halides is 1. The van der Waals surface area contributed by atoms with Crippen LogP contribution < -0.4 is 0 Å². The van der Waals surface area contributed by atoms with Gasteiger partial charge in [-0.2, -0.15) is 0 Å². The maximum absolute atomic E-state index is 14.0. The minimum atomic E-state index is -2.12. The van der Waals surface area contributed by atoms with Crippen LogP contribution in [0.1, 0.15) is 12.5 Å². The highest BCUT2D eigenvalue weighted by Gasteiger charge is 2.37. The third-order valence-corrected chi connectivity index (χ3v) is 2.64. The van der Waals surface area contributed by atoms with Gasteiger partial charge in [0, 0.05) is 10.0 Å². The zero-order valence-corrected chi connectivity index (χ0v) is 9.47. The van der Waals surface area contributed by atoms with Gasteiger partial charge in [0.2, 0.25) is 5.67 Å². The summed E-state index contributed by atoms with van der Waals surface area (Å²) in [4.78, 5) is 11.2. The lowest BCUT2D eigenvalue weighted by atomic mass is 9.98. The van der Waals surface area contributed by atoms with E-state index in [9.17, 15) is 9.18 Å². The topological polar surface area (TPSA) is 26.3 Å². The predicted octanol–water partition coefficient (Wildman–Crippen LogP) is 2.81. The monoisotopic (exact) mass is 260 g/mol. The minimum Gasteiger partial charge on any atom is -0.466 e. The Morgan fingerprint density at radius 3 is 2.57 bits per heavy atom. The van der Waals surface area contributed by atoms with Crippen LogP contribution in [0.25, 0.3) is 0 Å². The summed E-state index contributed by atoms with van der Waals surface area (Å²) in [5, 5.41) is 0. The second-order valence-electron chi connectivity index (χ2n) is 2.97. The van der Waals surface area contributed by atoms with Crippen molar-refractivity contribution in [2.24, 2.45) is 0 Å². The van der Waals surface area contributed by atoms with Crippen molar-refractivity contribution in [2.45, 2.75) is 12.6 Å². The molecule has 1 aromatic carbocycles. The fraction of sp³-hybridized carbons (Fsp3) is 0.300. The first kappa shape index (κ1) is 11.2. The summed E-state index contributed by atoms with van der Waals surface area (Å²) < 4.78 is 18.9. The lowest BCUT2D eigenvalue weighted by molar-refractivity contribution is -0.154. The first-order valence-corrected chi connectivity index (χ1v) is 4.81. The molecule has 0 N–H and O–H groups in total. The molecule has 0 aliphatic heterocycles. The van der Waals surface area contributed by atoms with E-state index in [1.165, 1.54) is 6.92 Å². The number of benzene rings is 1. The van der Waals surface area contributed by atoms with Crippen LogP contribution in [0.2, 0.25) is 0 Å². The largest absolute Gasteiger partial charge is 0.466 e. The van der Waals surface area contributed by atoms with Gasteiger partial charge in [0.05, 0.1) is 7.11 Å². The van der Waals surface area contributed by atoms with Gasteiger partial charge in [-0.15, -0.1) is 0 Å². The Hall–Kier alpha value is -0.900. The summed E-state index contributed by atoms with van der Waals surface area (Å²) in [6.45, 7) is 1.18. The molecule has 76 valence electrons. The average Bonchev–Trinajstić information content (AvgIpc) is 2.17. The van der Waals surface area contributed by atoms with E-state index in [1.807, 2.05) is 0 Å². The van der Waals surface area contributed by atoms with Gasteiger partial charge in [-0.1, -0.05) is 34.1 Å².